The normalized spacial score (nSPS) is 25.3. The monoisotopic (exact) mass is 334 g/mol. The van der Waals surface area contributed by atoms with E-state index in [4.69, 9.17) is 11.6 Å². The molecule has 2 bridgehead atoms. The molecule has 2 amide bonds. The van der Waals surface area contributed by atoms with Crippen molar-refractivity contribution >= 4 is 23.4 Å². The summed E-state index contributed by atoms with van der Waals surface area (Å²) < 4.78 is 0. The molecular weight excluding hydrogens is 312 g/mol. The maximum absolute atomic E-state index is 12.0. The third-order valence-corrected chi connectivity index (χ3v) is 5.31. The van der Waals surface area contributed by atoms with Crippen molar-refractivity contribution < 1.29 is 9.59 Å². The third kappa shape index (κ3) is 4.47. The summed E-state index contributed by atoms with van der Waals surface area (Å²) in [5.41, 5.74) is 1.11. The van der Waals surface area contributed by atoms with E-state index in [1.54, 1.807) is 0 Å². The van der Waals surface area contributed by atoms with Gasteiger partial charge in [-0.15, -0.1) is 0 Å². The minimum absolute atomic E-state index is 0.0749. The van der Waals surface area contributed by atoms with Gasteiger partial charge in [0.05, 0.1) is 0 Å². The van der Waals surface area contributed by atoms with Gasteiger partial charge in [0.15, 0.2) is 0 Å². The first-order valence-electron chi connectivity index (χ1n) is 8.40. The smallest absolute Gasteiger partial charge is 0.229 e. The fraction of sp³-hybridized carbons (Fsp3) is 0.556. The Bertz CT molecular complexity index is 573. The van der Waals surface area contributed by atoms with Crippen molar-refractivity contribution in [3.63, 3.8) is 0 Å². The molecule has 0 aliphatic heterocycles. The molecule has 3 rings (SSSR count). The lowest BCUT2D eigenvalue weighted by atomic mass is 9.95. The Morgan fingerprint density at radius 1 is 1.09 bits per heavy atom. The molecule has 3 unspecified atom stereocenters. The molecule has 2 saturated carbocycles. The van der Waals surface area contributed by atoms with Gasteiger partial charge in [0.25, 0.3) is 0 Å². The summed E-state index contributed by atoms with van der Waals surface area (Å²) in [6, 6.07) is 7.85. The van der Waals surface area contributed by atoms with Gasteiger partial charge in [0, 0.05) is 17.6 Å². The number of fused-ring (bicyclic) bond motifs is 2. The zero-order valence-electron chi connectivity index (χ0n) is 13.2. The lowest BCUT2D eigenvalue weighted by molar-refractivity contribution is -0.129. The Morgan fingerprint density at radius 2 is 1.87 bits per heavy atom. The summed E-state index contributed by atoms with van der Waals surface area (Å²) in [5.74, 6) is 1.07. The van der Waals surface area contributed by atoms with Gasteiger partial charge in [-0.1, -0.05) is 30.2 Å². The molecule has 1 aromatic rings. The quantitative estimate of drug-likeness (QED) is 0.786. The fourth-order valence-corrected chi connectivity index (χ4v) is 4.01. The molecule has 0 saturated heterocycles. The maximum Gasteiger partial charge on any atom is 0.229 e. The van der Waals surface area contributed by atoms with Gasteiger partial charge in [0.2, 0.25) is 11.8 Å². The van der Waals surface area contributed by atoms with Crippen molar-refractivity contribution in [3.05, 3.63) is 34.9 Å². The summed E-state index contributed by atoms with van der Waals surface area (Å²) in [7, 11) is 0. The van der Waals surface area contributed by atoms with Crippen molar-refractivity contribution in [2.45, 2.75) is 44.6 Å². The van der Waals surface area contributed by atoms with Gasteiger partial charge in [-0.2, -0.15) is 0 Å². The number of nitrogens with one attached hydrogen (secondary N) is 2. The molecule has 124 valence electrons. The van der Waals surface area contributed by atoms with Gasteiger partial charge < -0.3 is 10.6 Å². The second-order valence-corrected chi connectivity index (χ2v) is 7.19. The molecule has 1 aromatic carbocycles. The number of carbonyl (C=O) groups excluding carboxylic acids is 2. The van der Waals surface area contributed by atoms with Crippen LogP contribution in [0.2, 0.25) is 5.02 Å². The van der Waals surface area contributed by atoms with E-state index in [0.717, 1.165) is 24.3 Å². The zero-order valence-corrected chi connectivity index (χ0v) is 13.9. The van der Waals surface area contributed by atoms with E-state index in [1.165, 1.54) is 19.3 Å². The van der Waals surface area contributed by atoms with Gasteiger partial charge in [0.1, 0.15) is 6.42 Å². The standard InChI is InChI=1S/C18H23ClN2O2/c19-15-5-2-12(3-6-15)7-8-20-17(22)11-18(23)21-16-10-13-1-4-14(16)9-13/h2-3,5-6,13-14,16H,1,4,7-11H2,(H,20,22)(H,21,23). The number of benzene rings is 1. The summed E-state index contributed by atoms with van der Waals surface area (Å²) in [6.45, 7) is 0.530. The van der Waals surface area contributed by atoms with Crippen LogP contribution in [0.25, 0.3) is 0 Å². The van der Waals surface area contributed by atoms with Crippen molar-refractivity contribution in [1.82, 2.24) is 10.6 Å². The molecule has 0 aromatic heterocycles. The predicted octanol–water partition coefficient (Wildman–Crippen LogP) is 2.69. The van der Waals surface area contributed by atoms with Crippen molar-refractivity contribution in [3.8, 4) is 0 Å². The van der Waals surface area contributed by atoms with Crippen molar-refractivity contribution in [2.75, 3.05) is 6.54 Å². The van der Waals surface area contributed by atoms with E-state index in [2.05, 4.69) is 10.6 Å². The molecule has 0 radical (unpaired) electrons. The average molecular weight is 335 g/mol. The number of halogens is 1. The van der Waals surface area contributed by atoms with Gasteiger partial charge in [-0.25, -0.2) is 0 Å². The minimum atomic E-state index is -0.209. The van der Waals surface area contributed by atoms with Gasteiger partial charge >= 0.3 is 0 Å². The molecule has 2 N–H and O–H groups in total. The minimum Gasteiger partial charge on any atom is -0.355 e. The SMILES string of the molecule is O=C(CC(=O)NC1CC2CCC1C2)NCCc1ccc(Cl)cc1. The van der Waals surface area contributed by atoms with Crippen molar-refractivity contribution in [1.29, 1.82) is 0 Å². The van der Waals surface area contributed by atoms with Crippen LogP contribution >= 0.6 is 11.6 Å². The van der Waals surface area contributed by atoms with Crippen LogP contribution in [0.4, 0.5) is 0 Å². The number of rotatable bonds is 6. The number of amides is 2. The van der Waals surface area contributed by atoms with Crippen molar-refractivity contribution in [2.24, 2.45) is 11.8 Å². The highest BCUT2D eigenvalue weighted by molar-refractivity contribution is 6.30. The fourth-order valence-electron chi connectivity index (χ4n) is 3.88. The highest BCUT2D eigenvalue weighted by Crippen LogP contribution is 2.44. The summed E-state index contributed by atoms with van der Waals surface area (Å²) in [4.78, 5) is 23.8. The Balaban J connectivity index is 1.34. The van der Waals surface area contributed by atoms with E-state index in [-0.39, 0.29) is 18.2 Å². The molecule has 4 nitrogen and oxygen atoms in total. The third-order valence-electron chi connectivity index (χ3n) is 5.05. The van der Waals surface area contributed by atoms with Crippen LogP contribution in [-0.4, -0.2) is 24.4 Å². The second kappa shape index (κ2) is 7.35. The van der Waals surface area contributed by atoms with Gasteiger partial charge in [-0.05, 0) is 55.2 Å². The highest BCUT2D eigenvalue weighted by atomic mass is 35.5. The Kier molecular flexibility index (Phi) is 5.21. The summed E-state index contributed by atoms with van der Waals surface area (Å²) in [5, 5.41) is 6.55. The summed E-state index contributed by atoms with van der Waals surface area (Å²) >= 11 is 5.83. The molecule has 2 aliphatic carbocycles. The Labute approximate surface area is 142 Å². The lowest BCUT2D eigenvalue weighted by Crippen LogP contribution is -2.41. The number of carbonyl (C=O) groups is 2. The molecule has 0 spiro atoms. The average Bonchev–Trinajstić information content (AvgIpc) is 3.11. The Hall–Kier alpha value is -1.55. The van der Waals surface area contributed by atoms with E-state index in [9.17, 15) is 9.59 Å². The number of hydrogen-bond donors (Lipinski definition) is 2. The Morgan fingerprint density at radius 3 is 2.52 bits per heavy atom. The zero-order chi connectivity index (χ0) is 16.2. The maximum atomic E-state index is 12.0. The summed E-state index contributed by atoms with van der Waals surface area (Å²) in [6.07, 6.45) is 5.53. The second-order valence-electron chi connectivity index (χ2n) is 6.75. The molecule has 3 atom stereocenters. The van der Waals surface area contributed by atoms with Crippen LogP contribution < -0.4 is 10.6 Å². The van der Waals surface area contributed by atoms with E-state index >= 15 is 0 Å². The van der Waals surface area contributed by atoms with Gasteiger partial charge in [-0.3, -0.25) is 9.59 Å². The van der Waals surface area contributed by atoms with E-state index in [1.807, 2.05) is 24.3 Å². The van der Waals surface area contributed by atoms with Crippen LogP contribution in [-0.2, 0) is 16.0 Å². The highest BCUT2D eigenvalue weighted by Gasteiger charge is 2.40. The molecular formula is C18H23ClN2O2. The molecule has 23 heavy (non-hydrogen) atoms. The van der Waals surface area contributed by atoms with Crippen LogP contribution in [0.5, 0.6) is 0 Å². The van der Waals surface area contributed by atoms with Crippen LogP contribution in [0, 0.1) is 11.8 Å². The van der Waals surface area contributed by atoms with Crippen LogP contribution in [0.1, 0.15) is 37.7 Å². The topological polar surface area (TPSA) is 58.2 Å². The van der Waals surface area contributed by atoms with Crippen LogP contribution in [0.15, 0.2) is 24.3 Å². The first-order valence-corrected chi connectivity index (χ1v) is 8.78. The van der Waals surface area contributed by atoms with E-state index in [0.29, 0.717) is 23.5 Å². The molecule has 5 heteroatoms. The number of hydrogen-bond acceptors (Lipinski definition) is 2. The molecule has 2 fully saturated rings. The molecule has 2 aliphatic rings. The van der Waals surface area contributed by atoms with E-state index < -0.39 is 0 Å². The lowest BCUT2D eigenvalue weighted by Gasteiger charge is -2.22. The first-order chi connectivity index (χ1) is 11.1. The predicted molar refractivity (Wildman–Crippen MR) is 90.2 cm³/mol. The van der Waals surface area contributed by atoms with Crippen LogP contribution in [0.3, 0.4) is 0 Å². The largest absolute Gasteiger partial charge is 0.355 e. The first kappa shape index (κ1) is 16.3. The molecule has 0 heterocycles.